The van der Waals surface area contributed by atoms with Crippen LogP contribution >= 0.6 is 0 Å². The van der Waals surface area contributed by atoms with Crippen molar-refractivity contribution >= 4 is 11.8 Å². The van der Waals surface area contributed by atoms with E-state index < -0.39 is 0 Å². The van der Waals surface area contributed by atoms with Crippen molar-refractivity contribution in [3.8, 4) is 0 Å². The fourth-order valence-electron chi connectivity index (χ4n) is 2.28. The second-order valence-electron chi connectivity index (χ2n) is 5.37. The lowest BCUT2D eigenvalue weighted by atomic mass is 10.2. The molecule has 1 heterocycles. The molecule has 0 radical (unpaired) electrons. The van der Waals surface area contributed by atoms with E-state index >= 15 is 0 Å². The predicted octanol–water partition coefficient (Wildman–Crippen LogP) is 2.84. The molecular weight excluding hydrogens is 282 g/mol. The highest BCUT2D eigenvalue weighted by molar-refractivity contribution is 6.00. The van der Waals surface area contributed by atoms with Gasteiger partial charge >= 0.3 is 0 Å². The van der Waals surface area contributed by atoms with Crippen molar-refractivity contribution in [2.24, 2.45) is 0 Å². The largest absolute Gasteiger partial charge is 0.377 e. The number of hydrogen-bond acceptors (Lipinski definition) is 4. The van der Waals surface area contributed by atoms with Crippen molar-refractivity contribution in [1.82, 2.24) is 5.06 Å². The first-order chi connectivity index (χ1) is 10.8. The SMILES string of the molecule is O=C1CCC(=O)N1OCCCCCCOCc1ccccc1. The fraction of sp³-hybridized carbons (Fsp3) is 0.529. The molecule has 1 aliphatic rings. The number of unbranched alkanes of at least 4 members (excludes halogenated alkanes) is 3. The molecule has 1 aromatic rings. The summed E-state index contributed by atoms with van der Waals surface area (Å²) in [6.45, 7) is 1.82. The van der Waals surface area contributed by atoms with Gasteiger partial charge in [-0.1, -0.05) is 43.2 Å². The van der Waals surface area contributed by atoms with Gasteiger partial charge in [0.2, 0.25) is 0 Å². The first-order valence-corrected chi connectivity index (χ1v) is 7.88. The van der Waals surface area contributed by atoms with Gasteiger partial charge in [0.1, 0.15) is 0 Å². The third-order valence-electron chi connectivity index (χ3n) is 3.52. The van der Waals surface area contributed by atoms with Crippen LogP contribution in [0.4, 0.5) is 0 Å². The van der Waals surface area contributed by atoms with Crippen LogP contribution in [0.1, 0.15) is 44.1 Å². The van der Waals surface area contributed by atoms with Crippen LogP contribution in [0.15, 0.2) is 30.3 Å². The van der Waals surface area contributed by atoms with E-state index in [9.17, 15) is 9.59 Å². The maximum atomic E-state index is 11.3. The van der Waals surface area contributed by atoms with E-state index in [4.69, 9.17) is 9.57 Å². The van der Waals surface area contributed by atoms with Crippen molar-refractivity contribution in [2.75, 3.05) is 13.2 Å². The monoisotopic (exact) mass is 305 g/mol. The standard InChI is InChI=1S/C17H23NO4/c19-16-10-11-17(20)18(16)22-13-7-2-1-6-12-21-14-15-8-4-3-5-9-15/h3-5,8-9H,1-2,6-7,10-14H2. The number of amides is 2. The van der Waals surface area contributed by atoms with E-state index in [0.29, 0.717) is 13.2 Å². The molecule has 0 atom stereocenters. The average molecular weight is 305 g/mol. The van der Waals surface area contributed by atoms with Crippen LogP contribution < -0.4 is 0 Å². The first-order valence-electron chi connectivity index (χ1n) is 7.88. The van der Waals surface area contributed by atoms with Gasteiger partial charge in [-0.25, -0.2) is 0 Å². The van der Waals surface area contributed by atoms with E-state index in [2.05, 4.69) is 12.1 Å². The van der Waals surface area contributed by atoms with E-state index in [-0.39, 0.29) is 24.7 Å². The lowest BCUT2D eigenvalue weighted by Crippen LogP contribution is -2.29. The molecule has 0 N–H and O–H groups in total. The Balaban J connectivity index is 1.41. The van der Waals surface area contributed by atoms with Crippen LogP contribution in [0.3, 0.4) is 0 Å². The maximum Gasteiger partial charge on any atom is 0.253 e. The maximum absolute atomic E-state index is 11.3. The molecule has 5 nitrogen and oxygen atoms in total. The van der Waals surface area contributed by atoms with Crippen molar-refractivity contribution in [1.29, 1.82) is 0 Å². The highest BCUT2D eigenvalue weighted by atomic mass is 16.7. The third-order valence-corrected chi connectivity index (χ3v) is 3.52. The van der Waals surface area contributed by atoms with Crippen molar-refractivity contribution in [3.05, 3.63) is 35.9 Å². The van der Waals surface area contributed by atoms with Gasteiger partial charge in [0, 0.05) is 19.4 Å². The molecule has 22 heavy (non-hydrogen) atoms. The van der Waals surface area contributed by atoms with Crippen LogP contribution in [0.2, 0.25) is 0 Å². The lowest BCUT2D eigenvalue weighted by molar-refractivity contribution is -0.187. The minimum Gasteiger partial charge on any atom is -0.377 e. The Morgan fingerprint density at radius 2 is 1.50 bits per heavy atom. The molecule has 1 saturated heterocycles. The van der Waals surface area contributed by atoms with Gasteiger partial charge in [-0.15, -0.1) is 0 Å². The lowest BCUT2D eigenvalue weighted by Gasteiger charge is -2.12. The van der Waals surface area contributed by atoms with Gasteiger partial charge in [-0.2, -0.15) is 5.06 Å². The number of rotatable bonds is 10. The number of nitrogens with zero attached hydrogens (tertiary/aromatic N) is 1. The number of ether oxygens (including phenoxy) is 1. The molecule has 0 bridgehead atoms. The molecule has 5 heteroatoms. The van der Waals surface area contributed by atoms with E-state index in [0.717, 1.165) is 37.4 Å². The van der Waals surface area contributed by atoms with Crippen molar-refractivity contribution in [2.45, 2.75) is 45.1 Å². The van der Waals surface area contributed by atoms with E-state index in [1.807, 2.05) is 18.2 Å². The minimum absolute atomic E-state index is 0.223. The van der Waals surface area contributed by atoms with Crippen LogP contribution in [0, 0.1) is 0 Å². The number of carbonyl (C=O) groups is 2. The van der Waals surface area contributed by atoms with Crippen LogP contribution in [-0.2, 0) is 25.8 Å². The van der Waals surface area contributed by atoms with Gasteiger partial charge in [-0.05, 0) is 18.4 Å². The van der Waals surface area contributed by atoms with Crippen molar-refractivity contribution in [3.63, 3.8) is 0 Å². The Morgan fingerprint density at radius 1 is 0.864 bits per heavy atom. The topological polar surface area (TPSA) is 55.8 Å². The fourth-order valence-corrected chi connectivity index (χ4v) is 2.28. The molecule has 0 aliphatic carbocycles. The quantitative estimate of drug-likeness (QED) is 0.493. The highest BCUT2D eigenvalue weighted by Gasteiger charge is 2.29. The molecule has 1 fully saturated rings. The van der Waals surface area contributed by atoms with Gasteiger partial charge in [-0.3, -0.25) is 14.4 Å². The number of hydroxylamine groups is 2. The molecule has 1 aliphatic heterocycles. The predicted molar refractivity (Wildman–Crippen MR) is 81.6 cm³/mol. The molecule has 0 saturated carbocycles. The summed E-state index contributed by atoms with van der Waals surface area (Å²) in [6, 6.07) is 10.1. The molecule has 0 spiro atoms. The molecule has 0 aromatic heterocycles. The van der Waals surface area contributed by atoms with Crippen LogP contribution in [0.25, 0.3) is 0 Å². The zero-order valence-corrected chi connectivity index (χ0v) is 12.8. The molecular formula is C17H23NO4. The second kappa shape index (κ2) is 9.33. The van der Waals surface area contributed by atoms with E-state index in [1.165, 1.54) is 5.56 Å². The van der Waals surface area contributed by atoms with Gasteiger partial charge < -0.3 is 4.74 Å². The third kappa shape index (κ3) is 5.58. The average Bonchev–Trinajstić information content (AvgIpc) is 2.86. The first kappa shape index (κ1) is 16.6. The Bertz CT molecular complexity index is 459. The van der Waals surface area contributed by atoms with Gasteiger partial charge in [0.05, 0.1) is 13.2 Å². The molecule has 1 aromatic carbocycles. The summed E-state index contributed by atoms with van der Waals surface area (Å²) in [5, 5.41) is 0.920. The summed E-state index contributed by atoms with van der Waals surface area (Å²) in [6.07, 6.45) is 4.46. The summed E-state index contributed by atoms with van der Waals surface area (Å²) in [5.41, 5.74) is 1.19. The summed E-state index contributed by atoms with van der Waals surface area (Å²) in [7, 11) is 0. The number of carbonyl (C=O) groups excluding carboxylic acids is 2. The molecule has 120 valence electrons. The van der Waals surface area contributed by atoms with Crippen LogP contribution in [-0.4, -0.2) is 30.1 Å². The van der Waals surface area contributed by atoms with Gasteiger partial charge in [0.25, 0.3) is 11.8 Å². The molecule has 2 amide bonds. The number of imide groups is 1. The molecule has 0 unspecified atom stereocenters. The highest BCUT2D eigenvalue weighted by Crippen LogP contribution is 2.12. The summed E-state index contributed by atoms with van der Waals surface area (Å²) >= 11 is 0. The zero-order valence-electron chi connectivity index (χ0n) is 12.8. The summed E-state index contributed by atoms with van der Waals surface area (Å²) in [4.78, 5) is 27.8. The normalized spacial score (nSPS) is 14.8. The summed E-state index contributed by atoms with van der Waals surface area (Å²) < 4.78 is 5.61. The Labute approximate surface area is 131 Å². The minimum atomic E-state index is -0.223. The number of benzene rings is 1. The summed E-state index contributed by atoms with van der Waals surface area (Å²) in [5.74, 6) is -0.446. The second-order valence-corrected chi connectivity index (χ2v) is 5.37. The zero-order chi connectivity index (χ0) is 15.6. The van der Waals surface area contributed by atoms with Crippen LogP contribution in [0.5, 0.6) is 0 Å². The Morgan fingerprint density at radius 3 is 2.18 bits per heavy atom. The van der Waals surface area contributed by atoms with Gasteiger partial charge in [0.15, 0.2) is 0 Å². The Kier molecular flexibility index (Phi) is 7.06. The van der Waals surface area contributed by atoms with E-state index in [1.54, 1.807) is 0 Å². The van der Waals surface area contributed by atoms with Crippen molar-refractivity contribution < 1.29 is 19.2 Å². The number of hydrogen-bond donors (Lipinski definition) is 0. The smallest absolute Gasteiger partial charge is 0.253 e. The molecule has 2 rings (SSSR count). The Hall–Kier alpha value is -1.72.